The summed E-state index contributed by atoms with van der Waals surface area (Å²) in [6.07, 6.45) is 6.76. The minimum Gasteiger partial charge on any atom is -0.372 e. The maximum atomic E-state index is 4.75. The van der Waals surface area contributed by atoms with E-state index >= 15 is 0 Å². The minimum atomic E-state index is 0.377. The van der Waals surface area contributed by atoms with Crippen LogP contribution in [-0.2, 0) is 6.42 Å². The van der Waals surface area contributed by atoms with E-state index in [4.69, 9.17) is 4.98 Å². The summed E-state index contributed by atoms with van der Waals surface area (Å²) in [5, 5.41) is 3.13. The Labute approximate surface area is 123 Å². The fraction of sp³-hybridized carbons (Fsp3) is 0.250. The first-order valence-electron chi connectivity index (χ1n) is 7.16. The molecule has 0 saturated heterocycles. The van der Waals surface area contributed by atoms with Crippen LogP contribution in [0.5, 0.6) is 0 Å². The first-order valence-corrected chi connectivity index (χ1v) is 7.16. The zero-order chi connectivity index (χ0) is 14.4. The molecule has 0 saturated carbocycles. The minimum absolute atomic E-state index is 0.377. The fourth-order valence-corrected chi connectivity index (χ4v) is 3.09. The van der Waals surface area contributed by atoms with Gasteiger partial charge < -0.3 is 14.6 Å². The van der Waals surface area contributed by atoms with Gasteiger partial charge in [-0.1, -0.05) is 18.2 Å². The highest BCUT2D eigenvalue weighted by atomic mass is 15.3. The Morgan fingerprint density at radius 2 is 2.14 bits per heavy atom. The number of hydrogen-bond donors (Lipinski definition) is 1. The van der Waals surface area contributed by atoms with Crippen LogP contribution < -0.4 is 10.2 Å². The summed E-state index contributed by atoms with van der Waals surface area (Å²) in [4.78, 5) is 11.5. The standard InChI is InChI=1S/C16H17N5/c1-11-9-12-5-3-4-6-13(12)21(11)16-15-18-7-8-20(15)10-14(17-2)19-16/h3-8,10-11,17H,9H2,1-2H3. The molecular formula is C16H17N5. The smallest absolute Gasteiger partial charge is 0.180 e. The van der Waals surface area contributed by atoms with Crippen molar-refractivity contribution in [3.63, 3.8) is 0 Å². The van der Waals surface area contributed by atoms with Gasteiger partial charge in [-0.25, -0.2) is 9.97 Å². The SMILES string of the molecule is CNc1cn2ccnc2c(N2c3ccccc3CC2C)n1. The lowest BCUT2D eigenvalue weighted by Crippen LogP contribution is -2.25. The second-order valence-corrected chi connectivity index (χ2v) is 5.41. The van der Waals surface area contributed by atoms with Crippen molar-refractivity contribution >= 4 is 23.0 Å². The van der Waals surface area contributed by atoms with Crippen molar-refractivity contribution in [2.45, 2.75) is 19.4 Å². The maximum Gasteiger partial charge on any atom is 0.180 e. The Bertz CT molecular complexity index is 807. The molecule has 4 rings (SSSR count). The lowest BCUT2D eigenvalue weighted by atomic mass is 10.1. The summed E-state index contributed by atoms with van der Waals surface area (Å²) in [5.74, 6) is 1.75. The second kappa shape index (κ2) is 4.48. The maximum absolute atomic E-state index is 4.75. The number of aromatic nitrogens is 3. The number of fused-ring (bicyclic) bond motifs is 2. The molecule has 0 bridgehead atoms. The van der Waals surface area contributed by atoms with Gasteiger partial charge in [0.1, 0.15) is 5.82 Å². The van der Waals surface area contributed by atoms with Crippen LogP contribution in [0.25, 0.3) is 5.65 Å². The molecule has 5 heteroatoms. The lowest BCUT2D eigenvalue weighted by molar-refractivity contribution is 0.750. The summed E-state index contributed by atoms with van der Waals surface area (Å²) in [7, 11) is 1.89. The van der Waals surface area contributed by atoms with Crippen molar-refractivity contribution in [2.24, 2.45) is 0 Å². The van der Waals surface area contributed by atoms with E-state index < -0.39 is 0 Å². The third kappa shape index (κ3) is 1.77. The van der Waals surface area contributed by atoms with Gasteiger partial charge in [0.25, 0.3) is 0 Å². The highest BCUT2D eigenvalue weighted by Gasteiger charge is 2.29. The molecule has 21 heavy (non-hydrogen) atoms. The number of hydrogen-bond acceptors (Lipinski definition) is 4. The van der Waals surface area contributed by atoms with Gasteiger partial charge in [0.05, 0.1) is 6.20 Å². The summed E-state index contributed by atoms with van der Waals surface area (Å²) in [5.41, 5.74) is 3.49. The normalized spacial score (nSPS) is 17.2. The van der Waals surface area contributed by atoms with Crippen molar-refractivity contribution in [3.8, 4) is 0 Å². The molecule has 2 aromatic heterocycles. The molecule has 106 valence electrons. The monoisotopic (exact) mass is 279 g/mol. The number of nitrogens with one attached hydrogen (secondary N) is 1. The molecule has 0 spiro atoms. The van der Waals surface area contributed by atoms with Gasteiger partial charge >= 0.3 is 0 Å². The van der Waals surface area contributed by atoms with Gasteiger partial charge in [0.2, 0.25) is 0 Å². The zero-order valence-corrected chi connectivity index (χ0v) is 12.1. The molecule has 0 amide bonds. The number of para-hydroxylation sites is 1. The molecule has 1 aliphatic heterocycles. The molecule has 1 atom stereocenters. The third-order valence-corrected chi connectivity index (χ3v) is 4.05. The lowest BCUT2D eigenvalue weighted by Gasteiger charge is -2.24. The van der Waals surface area contributed by atoms with E-state index in [1.54, 1.807) is 0 Å². The van der Waals surface area contributed by atoms with Crippen LogP contribution in [0.15, 0.2) is 42.9 Å². The Hall–Kier alpha value is -2.56. The summed E-state index contributed by atoms with van der Waals surface area (Å²) < 4.78 is 2.02. The molecule has 0 radical (unpaired) electrons. The highest BCUT2D eigenvalue weighted by Crippen LogP contribution is 2.38. The van der Waals surface area contributed by atoms with E-state index in [0.29, 0.717) is 6.04 Å². The van der Waals surface area contributed by atoms with Crippen molar-refractivity contribution in [1.29, 1.82) is 0 Å². The Morgan fingerprint density at radius 3 is 3.00 bits per heavy atom. The number of imidazole rings is 1. The third-order valence-electron chi connectivity index (χ3n) is 4.05. The highest BCUT2D eigenvalue weighted by molar-refractivity contribution is 5.78. The summed E-state index contributed by atoms with van der Waals surface area (Å²) >= 11 is 0. The molecule has 3 heterocycles. The van der Waals surface area contributed by atoms with E-state index in [-0.39, 0.29) is 0 Å². The van der Waals surface area contributed by atoms with E-state index in [0.717, 1.165) is 23.7 Å². The predicted molar refractivity (Wildman–Crippen MR) is 84.3 cm³/mol. The van der Waals surface area contributed by atoms with Gasteiger partial charge in [-0.05, 0) is 25.0 Å². The van der Waals surface area contributed by atoms with E-state index in [1.807, 2.05) is 30.0 Å². The number of nitrogens with zero attached hydrogens (tertiary/aromatic N) is 4. The van der Waals surface area contributed by atoms with Crippen LogP contribution in [0.3, 0.4) is 0 Å². The molecule has 3 aromatic rings. The molecule has 1 unspecified atom stereocenters. The van der Waals surface area contributed by atoms with Crippen molar-refractivity contribution in [3.05, 3.63) is 48.4 Å². The number of anilines is 3. The molecule has 0 aliphatic carbocycles. The van der Waals surface area contributed by atoms with E-state index in [2.05, 4.69) is 46.4 Å². The van der Waals surface area contributed by atoms with Crippen molar-refractivity contribution < 1.29 is 0 Å². The van der Waals surface area contributed by atoms with Gasteiger partial charge in [-0.2, -0.15) is 0 Å². The summed E-state index contributed by atoms with van der Waals surface area (Å²) in [6.45, 7) is 2.23. The molecule has 1 N–H and O–H groups in total. The van der Waals surface area contributed by atoms with E-state index in [9.17, 15) is 0 Å². The van der Waals surface area contributed by atoms with Gasteiger partial charge in [-0.3, -0.25) is 0 Å². The van der Waals surface area contributed by atoms with Crippen LogP contribution in [-0.4, -0.2) is 27.5 Å². The first-order chi connectivity index (χ1) is 10.3. The predicted octanol–water partition coefficient (Wildman–Crippen LogP) is 2.85. The first kappa shape index (κ1) is 12.2. The summed E-state index contributed by atoms with van der Waals surface area (Å²) in [6, 6.07) is 8.90. The van der Waals surface area contributed by atoms with Crippen LogP contribution in [0.2, 0.25) is 0 Å². The average Bonchev–Trinajstić information content (AvgIpc) is 3.09. The second-order valence-electron chi connectivity index (χ2n) is 5.41. The molecule has 5 nitrogen and oxygen atoms in total. The fourth-order valence-electron chi connectivity index (χ4n) is 3.09. The van der Waals surface area contributed by atoms with Crippen molar-refractivity contribution in [1.82, 2.24) is 14.4 Å². The van der Waals surface area contributed by atoms with E-state index in [1.165, 1.54) is 11.3 Å². The van der Waals surface area contributed by atoms with Gasteiger partial charge in [0, 0.05) is 31.2 Å². The molecule has 0 fully saturated rings. The number of rotatable bonds is 2. The van der Waals surface area contributed by atoms with Crippen molar-refractivity contribution in [2.75, 3.05) is 17.3 Å². The largest absolute Gasteiger partial charge is 0.372 e. The Morgan fingerprint density at radius 1 is 1.29 bits per heavy atom. The van der Waals surface area contributed by atoms with Crippen LogP contribution >= 0.6 is 0 Å². The molecular weight excluding hydrogens is 262 g/mol. The van der Waals surface area contributed by atoms with Crippen LogP contribution in [0.1, 0.15) is 12.5 Å². The van der Waals surface area contributed by atoms with Gasteiger partial charge in [-0.15, -0.1) is 0 Å². The quantitative estimate of drug-likeness (QED) is 0.783. The van der Waals surface area contributed by atoms with Crippen LogP contribution in [0, 0.1) is 0 Å². The molecule has 1 aromatic carbocycles. The topological polar surface area (TPSA) is 45.5 Å². The van der Waals surface area contributed by atoms with Gasteiger partial charge in [0.15, 0.2) is 11.5 Å². The average molecular weight is 279 g/mol. The Balaban J connectivity index is 1.96. The number of benzene rings is 1. The Kier molecular flexibility index (Phi) is 2.60. The van der Waals surface area contributed by atoms with Crippen LogP contribution in [0.4, 0.5) is 17.3 Å². The zero-order valence-electron chi connectivity index (χ0n) is 12.1. The molecule has 1 aliphatic rings.